The highest BCUT2D eigenvalue weighted by molar-refractivity contribution is 6.18. The van der Waals surface area contributed by atoms with Crippen LogP contribution < -0.4 is 15.3 Å². The molecule has 8 heteroatoms. The zero-order chi connectivity index (χ0) is 19.1. The number of hydrogen-bond acceptors (Lipinski definition) is 8. The van der Waals surface area contributed by atoms with Gasteiger partial charge in [0.1, 0.15) is 11.9 Å². The maximum atomic E-state index is 12.1. The van der Waals surface area contributed by atoms with Crippen molar-refractivity contribution in [3.05, 3.63) is 48.2 Å². The number of rotatable bonds is 9. The van der Waals surface area contributed by atoms with E-state index in [0.29, 0.717) is 18.8 Å². The second kappa shape index (κ2) is 9.25. The van der Waals surface area contributed by atoms with Crippen molar-refractivity contribution in [2.45, 2.75) is 13.2 Å². The van der Waals surface area contributed by atoms with Crippen molar-refractivity contribution >= 4 is 22.9 Å². The number of hydrogen-bond donors (Lipinski definition) is 4. The Morgan fingerprint density at radius 3 is 2.12 bits per heavy atom. The fourth-order valence-electron chi connectivity index (χ4n) is 2.57. The molecule has 0 amide bonds. The first-order valence-electron chi connectivity index (χ1n) is 8.25. The van der Waals surface area contributed by atoms with Gasteiger partial charge in [0.15, 0.2) is 5.78 Å². The fraction of sp³-hybridized carbons (Fsp3) is 0.333. The first-order chi connectivity index (χ1) is 12.5. The molecule has 1 aliphatic carbocycles. The van der Waals surface area contributed by atoms with Crippen LogP contribution in [0, 0.1) is 0 Å². The summed E-state index contributed by atoms with van der Waals surface area (Å²) in [5, 5.41) is 29.3. The summed E-state index contributed by atoms with van der Waals surface area (Å²) in [7, 11) is 0. The summed E-state index contributed by atoms with van der Waals surface area (Å²) in [5.41, 5.74) is 4.17. The first-order valence-corrected chi connectivity index (χ1v) is 8.25. The molecule has 0 saturated heterocycles. The molecule has 4 N–H and O–H groups in total. The molecule has 140 valence electrons. The fourth-order valence-corrected chi connectivity index (χ4v) is 2.57. The maximum Gasteiger partial charge on any atom is 0.203 e. The summed E-state index contributed by atoms with van der Waals surface area (Å²) in [6, 6.07) is 6.96. The van der Waals surface area contributed by atoms with E-state index >= 15 is 0 Å². The van der Waals surface area contributed by atoms with Crippen LogP contribution in [0.3, 0.4) is 0 Å². The number of carbonyl (C=O) groups is 2. The summed E-state index contributed by atoms with van der Waals surface area (Å²) in [6.07, 6.45) is 2.63. The third kappa shape index (κ3) is 4.99. The van der Waals surface area contributed by atoms with Crippen LogP contribution in [0.15, 0.2) is 48.2 Å². The molecule has 0 heterocycles. The summed E-state index contributed by atoms with van der Waals surface area (Å²) in [5.74, 6) is -0.672. The number of hydrazine groups is 1. The van der Waals surface area contributed by atoms with E-state index < -0.39 is 6.23 Å². The van der Waals surface area contributed by atoms with Crippen molar-refractivity contribution in [1.29, 1.82) is 0 Å². The molecule has 1 unspecified atom stereocenters. The summed E-state index contributed by atoms with van der Waals surface area (Å²) < 4.78 is 0. The Kier molecular flexibility index (Phi) is 7.05. The summed E-state index contributed by atoms with van der Waals surface area (Å²) >= 11 is 0. The normalized spacial score (nSPS) is 15.0. The minimum atomic E-state index is -0.954. The molecule has 0 bridgehead atoms. The van der Waals surface area contributed by atoms with Crippen LogP contribution in [0.4, 0.5) is 11.4 Å². The Hall–Kier alpha value is -2.52. The van der Waals surface area contributed by atoms with E-state index in [2.05, 4.69) is 5.43 Å². The Balaban J connectivity index is 2.31. The summed E-state index contributed by atoms with van der Waals surface area (Å²) in [4.78, 5) is 25.6. The van der Waals surface area contributed by atoms with E-state index in [9.17, 15) is 14.7 Å². The van der Waals surface area contributed by atoms with Crippen LogP contribution in [0.2, 0.25) is 0 Å². The smallest absolute Gasteiger partial charge is 0.203 e. The lowest BCUT2D eigenvalue weighted by Gasteiger charge is -2.30. The van der Waals surface area contributed by atoms with Gasteiger partial charge in [0, 0.05) is 24.9 Å². The molecule has 1 aromatic carbocycles. The predicted molar refractivity (Wildman–Crippen MR) is 97.4 cm³/mol. The molecule has 0 radical (unpaired) electrons. The van der Waals surface area contributed by atoms with Gasteiger partial charge in [0.25, 0.3) is 0 Å². The molecule has 0 fully saturated rings. The van der Waals surface area contributed by atoms with Crippen molar-refractivity contribution in [2.75, 3.05) is 36.2 Å². The molecule has 0 aromatic heterocycles. The van der Waals surface area contributed by atoms with Crippen molar-refractivity contribution in [1.82, 2.24) is 5.43 Å². The van der Waals surface area contributed by atoms with Crippen LogP contribution in [0.25, 0.3) is 0 Å². The summed E-state index contributed by atoms with van der Waals surface area (Å²) in [6.45, 7) is 2.15. The molecule has 1 aliphatic rings. The van der Waals surface area contributed by atoms with E-state index in [1.807, 2.05) is 4.90 Å². The van der Waals surface area contributed by atoms with E-state index in [1.54, 1.807) is 24.3 Å². The second-order valence-corrected chi connectivity index (χ2v) is 5.72. The second-order valence-electron chi connectivity index (χ2n) is 5.72. The van der Waals surface area contributed by atoms with Crippen LogP contribution in [0.5, 0.6) is 0 Å². The zero-order valence-corrected chi connectivity index (χ0v) is 14.5. The maximum absolute atomic E-state index is 12.1. The van der Waals surface area contributed by atoms with Crippen LogP contribution in [-0.2, 0) is 9.59 Å². The molecule has 1 atom stereocenters. The number of allylic oxidation sites excluding steroid dienone is 3. The SMILES string of the molecule is CC(O)NN(C1=CC(=O)C=CC1=O)c1ccc(N(CCO)CCO)cc1. The minimum Gasteiger partial charge on any atom is -0.395 e. The number of aliphatic hydroxyl groups is 3. The highest BCUT2D eigenvalue weighted by atomic mass is 16.3. The van der Waals surface area contributed by atoms with Gasteiger partial charge in [-0.1, -0.05) is 0 Å². The van der Waals surface area contributed by atoms with Crippen molar-refractivity contribution in [3.63, 3.8) is 0 Å². The average Bonchev–Trinajstić information content (AvgIpc) is 2.62. The first kappa shape index (κ1) is 19.8. The molecule has 26 heavy (non-hydrogen) atoms. The van der Waals surface area contributed by atoms with Gasteiger partial charge in [-0.25, -0.2) is 5.43 Å². The third-order valence-corrected chi connectivity index (χ3v) is 3.70. The van der Waals surface area contributed by atoms with Crippen molar-refractivity contribution in [2.24, 2.45) is 0 Å². The van der Waals surface area contributed by atoms with Gasteiger partial charge in [-0.2, -0.15) is 0 Å². The average molecular weight is 361 g/mol. The lowest BCUT2D eigenvalue weighted by atomic mass is 10.1. The Morgan fingerprint density at radius 2 is 1.58 bits per heavy atom. The molecule has 0 saturated carbocycles. The standard InChI is InChI=1S/C18H23N3O5/c1-13(24)19-21(17-12-16(25)6-7-18(17)26)15-4-2-14(3-5-15)20(8-10-22)9-11-23/h2-7,12-13,19,22-24H,8-11H2,1H3. The topological polar surface area (TPSA) is 113 Å². The quantitative estimate of drug-likeness (QED) is 0.270. The molecule has 1 aromatic rings. The van der Waals surface area contributed by atoms with Gasteiger partial charge < -0.3 is 20.2 Å². The minimum absolute atomic E-state index is 0.0483. The van der Waals surface area contributed by atoms with Gasteiger partial charge in [0.2, 0.25) is 5.78 Å². The van der Waals surface area contributed by atoms with Crippen LogP contribution in [-0.4, -0.2) is 59.4 Å². The number of anilines is 2. The monoisotopic (exact) mass is 361 g/mol. The highest BCUT2D eigenvalue weighted by Gasteiger charge is 2.22. The Bertz CT molecular complexity index is 691. The van der Waals surface area contributed by atoms with Gasteiger partial charge in [-0.15, -0.1) is 0 Å². The van der Waals surface area contributed by atoms with Gasteiger partial charge >= 0.3 is 0 Å². The molecule has 0 aliphatic heterocycles. The largest absolute Gasteiger partial charge is 0.395 e. The van der Waals surface area contributed by atoms with E-state index in [1.165, 1.54) is 30.2 Å². The number of nitrogens with one attached hydrogen (secondary N) is 1. The molecule has 0 spiro atoms. The third-order valence-electron chi connectivity index (χ3n) is 3.70. The molecular formula is C18H23N3O5. The number of ketones is 2. The van der Waals surface area contributed by atoms with Crippen LogP contribution in [0.1, 0.15) is 6.92 Å². The van der Waals surface area contributed by atoms with Crippen molar-refractivity contribution < 1.29 is 24.9 Å². The molecule has 8 nitrogen and oxygen atoms in total. The van der Waals surface area contributed by atoms with Crippen molar-refractivity contribution in [3.8, 4) is 0 Å². The number of carbonyl (C=O) groups excluding carboxylic acids is 2. The molecule has 2 rings (SSSR count). The number of nitrogens with zero attached hydrogens (tertiary/aromatic N) is 2. The van der Waals surface area contributed by atoms with E-state index in [4.69, 9.17) is 10.2 Å². The number of aliphatic hydroxyl groups excluding tert-OH is 3. The van der Waals surface area contributed by atoms with Gasteiger partial charge in [-0.05, 0) is 43.3 Å². The lowest BCUT2D eigenvalue weighted by Crippen LogP contribution is -2.45. The van der Waals surface area contributed by atoms with E-state index in [-0.39, 0.29) is 30.5 Å². The van der Waals surface area contributed by atoms with Gasteiger partial charge in [0.05, 0.1) is 18.9 Å². The molecular weight excluding hydrogens is 338 g/mol. The highest BCUT2D eigenvalue weighted by Crippen LogP contribution is 2.24. The number of benzene rings is 1. The predicted octanol–water partition coefficient (Wildman–Crippen LogP) is -0.281. The van der Waals surface area contributed by atoms with Crippen LogP contribution >= 0.6 is 0 Å². The van der Waals surface area contributed by atoms with Gasteiger partial charge in [-0.3, -0.25) is 14.6 Å². The Labute approximate surface area is 151 Å². The Morgan fingerprint density at radius 1 is 1.00 bits per heavy atom. The zero-order valence-electron chi connectivity index (χ0n) is 14.5. The van der Waals surface area contributed by atoms with E-state index in [0.717, 1.165) is 5.69 Å². The lowest BCUT2D eigenvalue weighted by molar-refractivity contribution is -0.114.